The third kappa shape index (κ3) is 2.46. The summed E-state index contributed by atoms with van der Waals surface area (Å²) in [6, 6.07) is 5.42. The van der Waals surface area contributed by atoms with Gasteiger partial charge in [-0.15, -0.1) is 0 Å². The van der Waals surface area contributed by atoms with Gasteiger partial charge in [0.15, 0.2) is 10.6 Å². The summed E-state index contributed by atoms with van der Waals surface area (Å²) >= 11 is 17.2. The Morgan fingerprint density at radius 2 is 1.89 bits per heavy atom. The standard InChI is InChI=1S/C12H13Cl2N3S/c1-12(2,3)17-10(15-16-11(17)18)7-4-5-8(13)9(14)6-7/h4-6H,1-3H3,(H,16,18). The fraction of sp³-hybridized carbons (Fsp3) is 0.333. The van der Waals surface area contributed by atoms with E-state index in [-0.39, 0.29) is 5.54 Å². The first-order valence-electron chi connectivity index (χ1n) is 5.44. The van der Waals surface area contributed by atoms with Gasteiger partial charge in [-0.3, -0.25) is 9.67 Å². The highest BCUT2D eigenvalue weighted by atomic mass is 35.5. The Bertz CT molecular complexity index is 638. The van der Waals surface area contributed by atoms with E-state index in [1.165, 1.54) is 0 Å². The molecule has 0 aliphatic heterocycles. The van der Waals surface area contributed by atoms with Crippen LogP contribution >= 0.6 is 35.4 Å². The van der Waals surface area contributed by atoms with Gasteiger partial charge in [-0.2, -0.15) is 5.10 Å². The molecule has 0 aliphatic carbocycles. The highest BCUT2D eigenvalue weighted by Crippen LogP contribution is 2.30. The molecule has 2 rings (SSSR count). The van der Waals surface area contributed by atoms with Gasteiger partial charge >= 0.3 is 0 Å². The van der Waals surface area contributed by atoms with Crippen LogP contribution < -0.4 is 0 Å². The maximum atomic E-state index is 6.03. The van der Waals surface area contributed by atoms with Crippen LogP contribution in [0.15, 0.2) is 18.2 Å². The van der Waals surface area contributed by atoms with E-state index in [0.29, 0.717) is 14.8 Å². The number of nitrogens with one attached hydrogen (secondary N) is 1. The normalized spacial score (nSPS) is 11.8. The first-order chi connectivity index (χ1) is 8.30. The lowest BCUT2D eigenvalue weighted by atomic mass is 10.1. The van der Waals surface area contributed by atoms with Gasteiger partial charge in [0.25, 0.3) is 0 Å². The molecule has 2 aromatic rings. The van der Waals surface area contributed by atoms with E-state index in [1.807, 2.05) is 10.6 Å². The summed E-state index contributed by atoms with van der Waals surface area (Å²) in [6.07, 6.45) is 0. The third-order valence-electron chi connectivity index (χ3n) is 2.52. The van der Waals surface area contributed by atoms with E-state index in [0.717, 1.165) is 11.4 Å². The fourth-order valence-corrected chi connectivity index (χ4v) is 2.45. The van der Waals surface area contributed by atoms with Crippen LogP contribution in [0.1, 0.15) is 20.8 Å². The second-order valence-corrected chi connectivity index (χ2v) is 6.19. The quantitative estimate of drug-likeness (QED) is 0.777. The molecule has 0 radical (unpaired) electrons. The van der Waals surface area contributed by atoms with Crippen molar-refractivity contribution in [3.8, 4) is 11.4 Å². The van der Waals surface area contributed by atoms with E-state index >= 15 is 0 Å². The van der Waals surface area contributed by atoms with Gasteiger partial charge < -0.3 is 0 Å². The monoisotopic (exact) mass is 301 g/mol. The van der Waals surface area contributed by atoms with Gasteiger partial charge in [0, 0.05) is 11.1 Å². The average Bonchev–Trinajstić information content (AvgIpc) is 2.64. The zero-order chi connectivity index (χ0) is 13.5. The maximum absolute atomic E-state index is 6.03. The van der Waals surface area contributed by atoms with Crippen LogP contribution in [0.5, 0.6) is 0 Å². The lowest BCUT2D eigenvalue weighted by molar-refractivity contribution is 0.395. The van der Waals surface area contributed by atoms with Crippen molar-refractivity contribution in [2.75, 3.05) is 0 Å². The summed E-state index contributed by atoms with van der Waals surface area (Å²) in [4.78, 5) is 0. The van der Waals surface area contributed by atoms with Crippen molar-refractivity contribution in [2.45, 2.75) is 26.3 Å². The van der Waals surface area contributed by atoms with Crippen molar-refractivity contribution in [1.29, 1.82) is 0 Å². The summed E-state index contributed by atoms with van der Waals surface area (Å²) in [5.74, 6) is 0.756. The van der Waals surface area contributed by atoms with Crippen LogP contribution in [-0.4, -0.2) is 14.8 Å². The number of hydrogen-bond donors (Lipinski definition) is 1. The first-order valence-corrected chi connectivity index (χ1v) is 6.60. The van der Waals surface area contributed by atoms with E-state index in [1.54, 1.807) is 12.1 Å². The van der Waals surface area contributed by atoms with Crippen molar-refractivity contribution < 1.29 is 0 Å². The third-order valence-corrected chi connectivity index (χ3v) is 3.53. The molecule has 6 heteroatoms. The number of rotatable bonds is 1. The zero-order valence-electron chi connectivity index (χ0n) is 10.3. The summed E-state index contributed by atoms with van der Waals surface area (Å²) < 4.78 is 2.55. The summed E-state index contributed by atoms with van der Waals surface area (Å²) in [5.41, 5.74) is 0.720. The number of hydrogen-bond acceptors (Lipinski definition) is 2. The zero-order valence-corrected chi connectivity index (χ0v) is 12.6. The smallest absolute Gasteiger partial charge is 0.195 e. The number of benzene rings is 1. The number of aromatic nitrogens is 3. The van der Waals surface area contributed by atoms with Crippen molar-refractivity contribution >= 4 is 35.4 Å². The van der Waals surface area contributed by atoms with Crippen molar-refractivity contribution in [3.63, 3.8) is 0 Å². The topological polar surface area (TPSA) is 33.6 Å². The van der Waals surface area contributed by atoms with Crippen LogP contribution in [0.4, 0.5) is 0 Å². The van der Waals surface area contributed by atoms with Crippen molar-refractivity contribution in [1.82, 2.24) is 14.8 Å². The second-order valence-electron chi connectivity index (χ2n) is 4.99. The Kier molecular flexibility index (Phi) is 3.54. The SMILES string of the molecule is CC(C)(C)n1c(-c2ccc(Cl)c(Cl)c2)n[nH]c1=S. The molecule has 96 valence electrons. The first kappa shape index (κ1) is 13.6. The number of nitrogens with zero attached hydrogens (tertiary/aromatic N) is 2. The molecule has 0 amide bonds. The minimum atomic E-state index is -0.161. The van der Waals surface area contributed by atoms with Gasteiger partial charge in [0.1, 0.15) is 0 Å². The molecule has 0 bridgehead atoms. The molecule has 1 heterocycles. The molecule has 1 N–H and O–H groups in total. The van der Waals surface area contributed by atoms with Crippen molar-refractivity contribution in [2.24, 2.45) is 0 Å². The molecule has 18 heavy (non-hydrogen) atoms. The van der Waals surface area contributed by atoms with Crippen molar-refractivity contribution in [3.05, 3.63) is 33.0 Å². The molecule has 1 aromatic carbocycles. The summed E-state index contributed by atoms with van der Waals surface area (Å²) in [7, 11) is 0. The van der Waals surface area contributed by atoms with E-state index in [2.05, 4.69) is 31.0 Å². The summed E-state index contributed by atoms with van der Waals surface area (Å²) in [5, 5.41) is 8.11. The molecule has 0 fully saturated rings. The second kappa shape index (κ2) is 4.68. The van der Waals surface area contributed by atoms with E-state index < -0.39 is 0 Å². The van der Waals surface area contributed by atoms with Gasteiger partial charge in [-0.25, -0.2) is 0 Å². The molecular formula is C12H13Cl2N3S. The Hall–Kier alpha value is -0.840. The van der Waals surface area contributed by atoms with Gasteiger partial charge in [0.2, 0.25) is 0 Å². The minimum Gasteiger partial charge on any atom is -0.295 e. The van der Waals surface area contributed by atoms with Crippen LogP contribution in [-0.2, 0) is 5.54 Å². The lowest BCUT2D eigenvalue weighted by Crippen LogP contribution is -2.22. The van der Waals surface area contributed by atoms with Gasteiger partial charge in [-0.1, -0.05) is 23.2 Å². The molecular weight excluding hydrogens is 289 g/mol. The Balaban J connectivity index is 2.65. The Morgan fingerprint density at radius 1 is 1.22 bits per heavy atom. The van der Waals surface area contributed by atoms with Crippen LogP contribution in [0.3, 0.4) is 0 Å². The highest BCUT2D eigenvalue weighted by molar-refractivity contribution is 7.71. The highest BCUT2D eigenvalue weighted by Gasteiger charge is 2.20. The number of aromatic amines is 1. The molecule has 1 aromatic heterocycles. The number of halogens is 2. The van der Waals surface area contributed by atoms with Gasteiger partial charge in [0.05, 0.1) is 10.0 Å². The average molecular weight is 302 g/mol. The molecule has 0 saturated heterocycles. The van der Waals surface area contributed by atoms with Crippen LogP contribution in [0.2, 0.25) is 10.0 Å². The van der Waals surface area contributed by atoms with E-state index in [9.17, 15) is 0 Å². The van der Waals surface area contributed by atoms with Crippen LogP contribution in [0.25, 0.3) is 11.4 Å². The molecule has 3 nitrogen and oxygen atoms in total. The molecule has 0 saturated carbocycles. The molecule has 0 spiro atoms. The largest absolute Gasteiger partial charge is 0.295 e. The molecule has 0 aliphatic rings. The van der Waals surface area contributed by atoms with E-state index in [4.69, 9.17) is 35.4 Å². The number of H-pyrrole nitrogens is 1. The Labute approximate surface area is 121 Å². The van der Waals surface area contributed by atoms with Crippen LogP contribution in [0, 0.1) is 4.77 Å². The predicted molar refractivity (Wildman–Crippen MR) is 77.9 cm³/mol. The Morgan fingerprint density at radius 3 is 2.44 bits per heavy atom. The maximum Gasteiger partial charge on any atom is 0.195 e. The van der Waals surface area contributed by atoms with Gasteiger partial charge in [-0.05, 0) is 51.2 Å². The lowest BCUT2D eigenvalue weighted by Gasteiger charge is -2.22. The molecule has 0 atom stereocenters. The summed E-state index contributed by atoms with van der Waals surface area (Å²) in [6.45, 7) is 6.21. The molecule has 0 unspecified atom stereocenters. The fourth-order valence-electron chi connectivity index (χ4n) is 1.75. The minimum absolute atomic E-state index is 0.161. The predicted octanol–water partition coefficient (Wildman–Crippen LogP) is 4.67.